The van der Waals surface area contributed by atoms with Crippen molar-refractivity contribution < 1.29 is 13.2 Å². The summed E-state index contributed by atoms with van der Waals surface area (Å²) in [4.78, 5) is 3.46. The molecule has 0 saturated carbocycles. The smallest absolute Gasteiger partial charge is 0.369 e. The average Bonchev–Trinajstić information content (AvgIpc) is 2.19. The van der Waals surface area contributed by atoms with Gasteiger partial charge in [0.1, 0.15) is 0 Å². The summed E-state index contributed by atoms with van der Waals surface area (Å²) in [7, 11) is 0. The van der Waals surface area contributed by atoms with Crippen LogP contribution in [0, 0.1) is 0 Å². The van der Waals surface area contributed by atoms with Gasteiger partial charge in [-0.1, -0.05) is 11.6 Å². The SMILES string of the molecule is NNC(N)=Nc1ccc(Cl)cc1C(F)(F)F. The molecule has 0 aliphatic heterocycles. The van der Waals surface area contributed by atoms with E-state index in [-0.39, 0.29) is 16.7 Å². The topological polar surface area (TPSA) is 76.4 Å². The normalized spacial score (nSPS) is 12.7. The zero-order valence-electron chi connectivity index (χ0n) is 7.85. The van der Waals surface area contributed by atoms with Crippen molar-refractivity contribution in [2.24, 2.45) is 16.6 Å². The Bertz CT molecular complexity index is 416. The largest absolute Gasteiger partial charge is 0.418 e. The number of hydrogen-bond donors (Lipinski definition) is 3. The summed E-state index contributed by atoms with van der Waals surface area (Å²) in [5.41, 5.74) is 5.77. The van der Waals surface area contributed by atoms with Gasteiger partial charge in [0, 0.05) is 5.02 Å². The Morgan fingerprint density at radius 3 is 2.50 bits per heavy atom. The van der Waals surface area contributed by atoms with Crippen molar-refractivity contribution in [1.82, 2.24) is 5.43 Å². The quantitative estimate of drug-likeness (QED) is 0.309. The molecule has 16 heavy (non-hydrogen) atoms. The third-order valence-electron chi connectivity index (χ3n) is 1.65. The maximum atomic E-state index is 12.6. The summed E-state index contributed by atoms with van der Waals surface area (Å²) >= 11 is 5.47. The zero-order valence-corrected chi connectivity index (χ0v) is 8.60. The van der Waals surface area contributed by atoms with E-state index in [0.29, 0.717) is 0 Å². The van der Waals surface area contributed by atoms with Crippen LogP contribution in [-0.4, -0.2) is 5.96 Å². The summed E-state index contributed by atoms with van der Waals surface area (Å²) < 4.78 is 37.7. The van der Waals surface area contributed by atoms with E-state index in [1.54, 1.807) is 0 Å². The lowest BCUT2D eigenvalue weighted by atomic mass is 10.2. The van der Waals surface area contributed by atoms with Gasteiger partial charge in [0.25, 0.3) is 0 Å². The molecular weight excluding hydrogens is 245 g/mol. The summed E-state index contributed by atoms with van der Waals surface area (Å²) in [6.45, 7) is 0. The first-order valence-corrected chi connectivity index (χ1v) is 4.40. The molecule has 0 radical (unpaired) electrons. The van der Waals surface area contributed by atoms with Crippen molar-refractivity contribution in [1.29, 1.82) is 0 Å². The van der Waals surface area contributed by atoms with Crippen LogP contribution in [0.3, 0.4) is 0 Å². The summed E-state index contributed by atoms with van der Waals surface area (Å²) in [6, 6.07) is 3.15. The number of halogens is 4. The van der Waals surface area contributed by atoms with Gasteiger partial charge in [-0.15, -0.1) is 0 Å². The molecule has 0 saturated heterocycles. The first-order valence-electron chi connectivity index (χ1n) is 4.02. The van der Waals surface area contributed by atoms with Gasteiger partial charge in [0.2, 0.25) is 5.96 Å². The fraction of sp³-hybridized carbons (Fsp3) is 0.125. The molecular formula is C8H8ClF3N4. The zero-order chi connectivity index (χ0) is 12.3. The van der Waals surface area contributed by atoms with Crippen LogP contribution in [0.5, 0.6) is 0 Å². The van der Waals surface area contributed by atoms with Gasteiger partial charge in [-0.3, -0.25) is 5.43 Å². The van der Waals surface area contributed by atoms with Crippen molar-refractivity contribution in [2.45, 2.75) is 6.18 Å². The van der Waals surface area contributed by atoms with Gasteiger partial charge >= 0.3 is 6.18 Å². The monoisotopic (exact) mass is 252 g/mol. The fourth-order valence-corrected chi connectivity index (χ4v) is 1.17. The number of nitrogens with two attached hydrogens (primary N) is 2. The first-order chi connectivity index (χ1) is 7.34. The van der Waals surface area contributed by atoms with E-state index >= 15 is 0 Å². The molecule has 0 amide bonds. The highest BCUT2D eigenvalue weighted by Crippen LogP contribution is 2.37. The van der Waals surface area contributed by atoms with Crippen LogP contribution in [-0.2, 0) is 6.18 Å². The van der Waals surface area contributed by atoms with Crippen molar-refractivity contribution in [3.63, 3.8) is 0 Å². The summed E-state index contributed by atoms with van der Waals surface area (Å²) in [5, 5.41) is -0.0365. The number of nitrogens with one attached hydrogen (secondary N) is 1. The number of alkyl halides is 3. The minimum absolute atomic E-state index is 0.0365. The van der Waals surface area contributed by atoms with Gasteiger partial charge < -0.3 is 5.73 Å². The van der Waals surface area contributed by atoms with Crippen LogP contribution in [0.1, 0.15) is 5.56 Å². The van der Waals surface area contributed by atoms with Crippen molar-refractivity contribution in [2.75, 3.05) is 0 Å². The molecule has 0 heterocycles. The van der Waals surface area contributed by atoms with Gasteiger partial charge in [-0.25, -0.2) is 10.8 Å². The number of aliphatic imine (C=N–C) groups is 1. The lowest BCUT2D eigenvalue weighted by Crippen LogP contribution is -2.36. The molecule has 0 spiro atoms. The van der Waals surface area contributed by atoms with Crippen molar-refractivity contribution >= 4 is 23.2 Å². The van der Waals surface area contributed by atoms with E-state index in [2.05, 4.69) is 4.99 Å². The number of guanidine groups is 1. The van der Waals surface area contributed by atoms with E-state index < -0.39 is 11.7 Å². The number of nitrogens with zero attached hydrogens (tertiary/aromatic N) is 1. The highest BCUT2D eigenvalue weighted by atomic mass is 35.5. The molecule has 8 heteroatoms. The maximum absolute atomic E-state index is 12.6. The second-order valence-electron chi connectivity index (χ2n) is 2.80. The van der Waals surface area contributed by atoms with E-state index in [1.807, 2.05) is 5.43 Å². The molecule has 0 aromatic heterocycles. The molecule has 0 fully saturated rings. The van der Waals surface area contributed by atoms with E-state index in [0.717, 1.165) is 12.1 Å². The first kappa shape index (κ1) is 12.6. The fourth-order valence-electron chi connectivity index (χ4n) is 0.995. The summed E-state index contributed by atoms with van der Waals surface area (Å²) in [6.07, 6.45) is -4.56. The molecule has 0 bridgehead atoms. The Morgan fingerprint density at radius 2 is 2.00 bits per heavy atom. The van der Waals surface area contributed by atoms with Crippen LogP contribution >= 0.6 is 11.6 Å². The predicted octanol–water partition coefficient (Wildman–Crippen LogP) is 1.77. The number of benzene rings is 1. The van der Waals surface area contributed by atoms with Gasteiger partial charge in [0.05, 0.1) is 11.3 Å². The highest BCUT2D eigenvalue weighted by Gasteiger charge is 2.33. The predicted molar refractivity (Wildman–Crippen MR) is 55.1 cm³/mol. The second-order valence-corrected chi connectivity index (χ2v) is 3.24. The standard InChI is InChI=1S/C8H8ClF3N4/c9-4-1-2-6(15-7(13)16-14)5(3-4)8(10,11)12/h1-3H,14H2,(H3,13,15,16). The Morgan fingerprint density at radius 1 is 1.38 bits per heavy atom. The van der Waals surface area contributed by atoms with Gasteiger partial charge in [0.15, 0.2) is 0 Å². The molecule has 5 N–H and O–H groups in total. The highest BCUT2D eigenvalue weighted by molar-refractivity contribution is 6.30. The van der Waals surface area contributed by atoms with E-state index in [4.69, 9.17) is 23.2 Å². The van der Waals surface area contributed by atoms with Gasteiger partial charge in [-0.2, -0.15) is 13.2 Å². The lowest BCUT2D eigenvalue weighted by molar-refractivity contribution is -0.137. The minimum Gasteiger partial charge on any atom is -0.369 e. The maximum Gasteiger partial charge on any atom is 0.418 e. The van der Waals surface area contributed by atoms with E-state index in [1.165, 1.54) is 6.07 Å². The Labute approximate surface area is 94.1 Å². The Hall–Kier alpha value is -1.47. The van der Waals surface area contributed by atoms with Crippen LogP contribution in [0.4, 0.5) is 18.9 Å². The van der Waals surface area contributed by atoms with Gasteiger partial charge in [-0.05, 0) is 18.2 Å². The third kappa shape index (κ3) is 3.01. The minimum atomic E-state index is -4.56. The van der Waals surface area contributed by atoms with Crippen LogP contribution in [0.15, 0.2) is 23.2 Å². The molecule has 1 rings (SSSR count). The molecule has 1 aromatic carbocycles. The Kier molecular flexibility index (Phi) is 3.61. The van der Waals surface area contributed by atoms with Crippen LogP contribution in [0.2, 0.25) is 5.02 Å². The summed E-state index contributed by atoms with van der Waals surface area (Å²) in [5.74, 6) is 4.57. The Balaban J connectivity index is 3.29. The molecule has 0 aliphatic carbocycles. The molecule has 0 unspecified atom stereocenters. The molecule has 88 valence electrons. The number of rotatable bonds is 1. The third-order valence-corrected chi connectivity index (χ3v) is 1.89. The van der Waals surface area contributed by atoms with Crippen molar-refractivity contribution in [3.8, 4) is 0 Å². The van der Waals surface area contributed by atoms with Crippen LogP contribution in [0.25, 0.3) is 0 Å². The molecule has 1 aromatic rings. The molecule has 4 nitrogen and oxygen atoms in total. The molecule has 0 aliphatic rings. The number of hydrazine groups is 1. The van der Waals surface area contributed by atoms with Crippen molar-refractivity contribution in [3.05, 3.63) is 28.8 Å². The number of hydrogen-bond acceptors (Lipinski definition) is 2. The lowest BCUT2D eigenvalue weighted by Gasteiger charge is -2.10. The molecule has 0 atom stereocenters. The average molecular weight is 253 g/mol. The second kappa shape index (κ2) is 4.58. The van der Waals surface area contributed by atoms with E-state index in [9.17, 15) is 13.2 Å². The van der Waals surface area contributed by atoms with Crippen LogP contribution < -0.4 is 17.0 Å².